The van der Waals surface area contributed by atoms with Crippen LogP contribution in [-0.4, -0.2) is 11.9 Å². The van der Waals surface area contributed by atoms with Crippen LogP contribution in [0.4, 0.5) is 5.69 Å². The Morgan fingerprint density at radius 3 is 2.37 bits per heavy atom. The Balaban J connectivity index is 3.14. The predicted octanol–water partition coefficient (Wildman–Crippen LogP) is 5.08. The Hall–Kier alpha value is -0.830. The van der Waals surface area contributed by atoms with Crippen LogP contribution in [0.5, 0.6) is 0 Å². The van der Waals surface area contributed by atoms with E-state index in [1.807, 2.05) is 17.0 Å². The highest BCUT2D eigenvalue weighted by atomic mass is 79.9. The van der Waals surface area contributed by atoms with E-state index in [0.717, 1.165) is 35.0 Å². The Bertz CT molecular complexity index is 427. The Morgan fingerprint density at radius 1 is 1.26 bits per heavy atom. The molecule has 0 saturated heterocycles. The number of hydrogen-bond acceptors (Lipinski definition) is 1. The van der Waals surface area contributed by atoms with Crippen molar-refractivity contribution in [3.8, 4) is 0 Å². The zero-order valence-electron chi connectivity index (χ0n) is 12.4. The number of halogens is 1. The maximum atomic E-state index is 12.4. The number of amides is 1. The van der Waals surface area contributed by atoms with Crippen LogP contribution in [0.2, 0.25) is 0 Å². The molecular formula is C16H24BrNO. The van der Waals surface area contributed by atoms with E-state index in [2.05, 4.69) is 49.7 Å². The lowest BCUT2D eigenvalue weighted by Gasteiger charge is -2.31. The number of carbonyl (C=O) groups is 1. The van der Waals surface area contributed by atoms with E-state index in [4.69, 9.17) is 0 Å². The Labute approximate surface area is 125 Å². The van der Waals surface area contributed by atoms with E-state index in [9.17, 15) is 4.79 Å². The maximum absolute atomic E-state index is 12.4. The number of rotatable bonds is 6. The zero-order valence-corrected chi connectivity index (χ0v) is 14.0. The summed E-state index contributed by atoms with van der Waals surface area (Å²) in [5.41, 5.74) is 2.19. The van der Waals surface area contributed by atoms with Crippen LogP contribution in [0.15, 0.2) is 22.7 Å². The average Bonchev–Trinajstić information content (AvgIpc) is 2.39. The molecule has 1 rings (SSSR count). The first-order chi connectivity index (χ1) is 9.04. The van der Waals surface area contributed by atoms with Crippen LogP contribution >= 0.6 is 15.9 Å². The first-order valence-corrected chi connectivity index (χ1v) is 7.92. The molecule has 0 atom stereocenters. The molecule has 1 aromatic rings. The van der Waals surface area contributed by atoms with Crippen molar-refractivity contribution in [3.05, 3.63) is 28.2 Å². The summed E-state index contributed by atoms with van der Waals surface area (Å²) in [7, 11) is 0. The van der Waals surface area contributed by atoms with Gasteiger partial charge in [-0.3, -0.25) is 4.79 Å². The van der Waals surface area contributed by atoms with Gasteiger partial charge >= 0.3 is 0 Å². The molecule has 3 heteroatoms. The molecule has 0 spiro atoms. The molecule has 2 nitrogen and oxygen atoms in total. The van der Waals surface area contributed by atoms with Gasteiger partial charge < -0.3 is 4.90 Å². The molecule has 0 saturated carbocycles. The van der Waals surface area contributed by atoms with E-state index in [-0.39, 0.29) is 5.91 Å². The van der Waals surface area contributed by atoms with E-state index in [0.29, 0.717) is 12.5 Å². The standard InChI is InChI=1S/C16H24BrNO/c1-5-8-16(19)18(13(6-2)7-3)14-9-10-15(17)12(4)11-14/h9-11,13H,5-8H2,1-4H3. The molecular weight excluding hydrogens is 302 g/mol. The van der Waals surface area contributed by atoms with E-state index >= 15 is 0 Å². The van der Waals surface area contributed by atoms with Gasteiger partial charge in [-0.05, 0) is 49.9 Å². The summed E-state index contributed by atoms with van der Waals surface area (Å²) in [5, 5.41) is 0. The van der Waals surface area contributed by atoms with E-state index in [1.165, 1.54) is 0 Å². The molecule has 0 radical (unpaired) electrons. The molecule has 0 N–H and O–H groups in total. The molecule has 0 fully saturated rings. The monoisotopic (exact) mass is 325 g/mol. The smallest absolute Gasteiger partial charge is 0.227 e. The molecule has 0 aliphatic rings. The van der Waals surface area contributed by atoms with Crippen LogP contribution in [-0.2, 0) is 4.79 Å². The highest BCUT2D eigenvalue weighted by Crippen LogP contribution is 2.27. The molecule has 106 valence electrons. The third-order valence-electron chi connectivity index (χ3n) is 3.46. The largest absolute Gasteiger partial charge is 0.309 e. The number of nitrogens with zero attached hydrogens (tertiary/aromatic N) is 1. The van der Waals surface area contributed by atoms with Gasteiger partial charge in [0.1, 0.15) is 0 Å². The van der Waals surface area contributed by atoms with Gasteiger partial charge in [0.15, 0.2) is 0 Å². The molecule has 1 amide bonds. The molecule has 0 aliphatic heterocycles. The van der Waals surface area contributed by atoms with Crippen LogP contribution < -0.4 is 4.90 Å². The lowest BCUT2D eigenvalue weighted by atomic mass is 10.1. The van der Waals surface area contributed by atoms with E-state index < -0.39 is 0 Å². The van der Waals surface area contributed by atoms with Gasteiger partial charge in [-0.25, -0.2) is 0 Å². The van der Waals surface area contributed by atoms with Gasteiger partial charge in [0.2, 0.25) is 5.91 Å². The summed E-state index contributed by atoms with van der Waals surface area (Å²) in [4.78, 5) is 14.4. The summed E-state index contributed by atoms with van der Waals surface area (Å²) in [6.45, 7) is 8.40. The predicted molar refractivity (Wildman–Crippen MR) is 85.6 cm³/mol. The normalized spacial score (nSPS) is 10.8. The molecule has 0 aliphatic carbocycles. The van der Waals surface area contributed by atoms with Crippen molar-refractivity contribution in [2.45, 2.75) is 59.4 Å². The number of carbonyl (C=O) groups excluding carboxylic acids is 1. The number of benzene rings is 1. The van der Waals surface area contributed by atoms with Crippen LogP contribution in [0.3, 0.4) is 0 Å². The molecule has 0 unspecified atom stereocenters. The number of hydrogen-bond donors (Lipinski definition) is 0. The van der Waals surface area contributed by atoms with Gasteiger partial charge in [0.25, 0.3) is 0 Å². The first kappa shape index (κ1) is 16.2. The van der Waals surface area contributed by atoms with Gasteiger partial charge in [-0.1, -0.05) is 36.7 Å². The number of anilines is 1. The molecule has 0 bridgehead atoms. The second kappa shape index (κ2) is 7.68. The molecule has 1 aromatic carbocycles. The minimum Gasteiger partial charge on any atom is -0.309 e. The van der Waals surface area contributed by atoms with Gasteiger partial charge in [-0.2, -0.15) is 0 Å². The second-order valence-corrected chi connectivity index (χ2v) is 5.77. The van der Waals surface area contributed by atoms with Crippen molar-refractivity contribution in [1.29, 1.82) is 0 Å². The molecule has 0 heterocycles. The minimum absolute atomic E-state index is 0.234. The van der Waals surface area contributed by atoms with Crippen molar-refractivity contribution in [2.75, 3.05) is 4.90 Å². The van der Waals surface area contributed by atoms with Crippen molar-refractivity contribution in [2.24, 2.45) is 0 Å². The summed E-state index contributed by atoms with van der Waals surface area (Å²) in [5.74, 6) is 0.234. The van der Waals surface area contributed by atoms with Crippen molar-refractivity contribution in [3.63, 3.8) is 0 Å². The van der Waals surface area contributed by atoms with Crippen LogP contribution in [0.25, 0.3) is 0 Å². The van der Waals surface area contributed by atoms with Gasteiger partial charge in [0, 0.05) is 22.6 Å². The van der Waals surface area contributed by atoms with E-state index in [1.54, 1.807) is 0 Å². The SMILES string of the molecule is CCCC(=O)N(c1ccc(Br)c(C)c1)C(CC)CC. The second-order valence-electron chi connectivity index (χ2n) is 4.92. The van der Waals surface area contributed by atoms with Gasteiger partial charge in [0.05, 0.1) is 0 Å². The zero-order chi connectivity index (χ0) is 14.4. The van der Waals surface area contributed by atoms with Crippen LogP contribution in [0.1, 0.15) is 52.0 Å². The fourth-order valence-electron chi connectivity index (χ4n) is 2.33. The summed E-state index contributed by atoms with van der Waals surface area (Å²) in [6.07, 6.45) is 3.48. The highest BCUT2D eigenvalue weighted by molar-refractivity contribution is 9.10. The maximum Gasteiger partial charge on any atom is 0.227 e. The summed E-state index contributed by atoms with van der Waals surface area (Å²) < 4.78 is 1.09. The number of aryl methyl sites for hydroxylation is 1. The highest BCUT2D eigenvalue weighted by Gasteiger charge is 2.22. The summed E-state index contributed by atoms with van der Waals surface area (Å²) in [6, 6.07) is 6.44. The fourth-order valence-corrected chi connectivity index (χ4v) is 2.57. The van der Waals surface area contributed by atoms with Crippen molar-refractivity contribution in [1.82, 2.24) is 0 Å². The third kappa shape index (κ3) is 4.07. The average molecular weight is 326 g/mol. The molecule has 0 aromatic heterocycles. The Kier molecular flexibility index (Phi) is 6.56. The van der Waals surface area contributed by atoms with Gasteiger partial charge in [-0.15, -0.1) is 0 Å². The summed E-state index contributed by atoms with van der Waals surface area (Å²) >= 11 is 3.51. The first-order valence-electron chi connectivity index (χ1n) is 7.13. The fraction of sp³-hybridized carbons (Fsp3) is 0.562. The third-order valence-corrected chi connectivity index (χ3v) is 4.35. The van der Waals surface area contributed by atoms with Crippen LogP contribution in [0, 0.1) is 6.92 Å². The lowest BCUT2D eigenvalue weighted by molar-refractivity contribution is -0.119. The van der Waals surface area contributed by atoms with Crippen molar-refractivity contribution >= 4 is 27.5 Å². The Morgan fingerprint density at radius 2 is 1.89 bits per heavy atom. The topological polar surface area (TPSA) is 20.3 Å². The lowest BCUT2D eigenvalue weighted by Crippen LogP contribution is -2.39. The quantitative estimate of drug-likeness (QED) is 0.714. The van der Waals surface area contributed by atoms with Crippen molar-refractivity contribution < 1.29 is 4.79 Å². The minimum atomic E-state index is 0.234. The molecule has 19 heavy (non-hydrogen) atoms.